The number of ether oxygens (including phenoxy) is 1. The van der Waals surface area contributed by atoms with Gasteiger partial charge in [0, 0.05) is 12.8 Å². The van der Waals surface area contributed by atoms with E-state index in [-0.39, 0.29) is 30.4 Å². The van der Waals surface area contributed by atoms with Gasteiger partial charge in [-0.1, -0.05) is 20.8 Å². The summed E-state index contributed by atoms with van der Waals surface area (Å²) in [6.07, 6.45) is 1.53. The van der Waals surface area contributed by atoms with Gasteiger partial charge in [-0.05, 0) is 51.3 Å². The molecule has 0 heterocycles. The van der Waals surface area contributed by atoms with Crippen LogP contribution in [0.25, 0.3) is 0 Å². The Labute approximate surface area is 138 Å². The van der Waals surface area contributed by atoms with Crippen LogP contribution >= 0.6 is 0 Å². The van der Waals surface area contributed by atoms with Gasteiger partial charge in [0.15, 0.2) is 0 Å². The molecule has 1 atom stereocenters. The van der Waals surface area contributed by atoms with Crippen molar-refractivity contribution in [3.8, 4) is 0 Å². The summed E-state index contributed by atoms with van der Waals surface area (Å²) in [5, 5.41) is 0. The fourth-order valence-electron chi connectivity index (χ4n) is 1.66. The third-order valence-electron chi connectivity index (χ3n) is 2.64. The van der Waals surface area contributed by atoms with Crippen LogP contribution in [-0.2, 0) is 4.74 Å². The Morgan fingerprint density at radius 3 is 2.17 bits per heavy atom. The lowest BCUT2D eigenvalue weighted by Gasteiger charge is -2.16. The predicted octanol–water partition coefficient (Wildman–Crippen LogP) is 4.75. The average molecular weight is 334 g/mol. The Bertz CT molecular complexity index is 413. The highest BCUT2D eigenvalue weighted by Crippen LogP contribution is 2.29. The number of nitrogens with two attached hydrogens (primary N) is 2. The molecule has 0 aromatic carbocycles. The predicted molar refractivity (Wildman–Crippen MR) is 91.2 cm³/mol. The first-order valence-corrected chi connectivity index (χ1v) is 7.97. The summed E-state index contributed by atoms with van der Waals surface area (Å²) in [5.74, 6) is -0.190. The average Bonchev–Trinajstić information content (AvgIpc) is 2.43. The van der Waals surface area contributed by atoms with E-state index in [9.17, 15) is 13.6 Å². The first kappa shape index (κ1) is 23.8. The fraction of sp³-hybridized carbons (Fsp3) is 0.706. The molecule has 0 saturated carbocycles. The molecular formula is C17H32F2N2O2. The van der Waals surface area contributed by atoms with Crippen LogP contribution in [0, 0.1) is 5.92 Å². The van der Waals surface area contributed by atoms with Gasteiger partial charge in [-0.25, -0.2) is 13.6 Å². The fourth-order valence-corrected chi connectivity index (χ4v) is 1.66. The van der Waals surface area contributed by atoms with Gasteiger partial charge < -0.3 is 16.2 Å². The maximum atomic E-state index is 13.1. The number of carbonyl (C=O) groups is 1. The number of primary amides is 1. The van der Waals surface area contributed by atoms with E-state index in [1.807, 2.05) is 20.8 Å². The van der Waals surface area contributed by atoms with Crippen molar-refractivity contribution < 1.29 is 18.3 Å². The number of halogens is 2. The van der Waals surface area contributed by atoms with Gasteiger partial charge in [0.05, 0.1) is 0 Å². The third kappa shape index (κ3) is 13.9. The van der Waals surface area contributed by atoms with E-state index in [0.717, 1.165) is 0 Å². The number of rotatable bonds is 3. The second kappa shape index (κ2) is 12.0. The van der Waals surface area contributed by atoms with Gasteiger partial charge >= 0.3 is 6.09 Å². The molecule has 0 aromatic rings. The van der Waals surface area contributed by atoms with Crippen molar-refractivity contribution in [1.29, 1.82) is 0 Å². The van der Waals surface area contributed by atoms with E-state index in [1.165, 1.54) is 6.08 Å². The van der Waals surface area contributed by atoms with E-state index >= 15 is 0 Å². The van der Waals surface area contributed by atoms with Crippen molar-refractivity contribution in [2.75, 3.05) is 6.54 Å². The van der Waals surface area contributed by atoms with Crippen LogP contribution in [0.15, 0.2) is 23.3 Å². The number of hydrogen-bond donors (Lipinski definition) is 2. The molecule has 0 spiro atoms. The highest BCUT2D eigenvalue weighted by Gasteiger charge is 2.15. The monoisotopic (exact) mass is 334 g/mol. The zero-order valence-electron chi connectivity index (χ0n) is 15.2. The molecule has 6 heteroatoms. The second-order valence-electron chi connectivity index (χ2n) is 6.10. The number of hydrogen-bond acceptors (Lipinski definition) is 3. The van der Waals surface area contributed by atoms with Gasteiger partial charge in [0.2, 0.25) is 0 Å². The summed E-state index contributed by atoms with van der Waals surface area (Å²) in [6, 6.07) is 0. The highest BCUT2D eigenvalue weighted by atomic mass is 19.1. The molecular weight excluding hydrogens is 302 g/mol. The number of carbonyl (C=O) groups excluding carboxylic acids is 1. The molecule has 4 N–H and O–H groups in total. The summed E-state index contributed by atoms with van der Waals surface area (Å²) in [5.41, 5.74) is 10.2. The van der Waals surface area contributed by atoms with E-state index in [0.29, 0.717) is 18.5 Å². The normalized spacial score (nSPS) is 15.4. The molecule has 0 aliphatic heterocycles. The molecule has 0 saturated heterocycles. The van der Waals surface area contributed by atoms with E-state index in [2.05, 4.69) is 4.74 Å². The van der Waals surface area contributed by atoms with Crippen LogP contribution in [0.5, 0.6) is 0 Å². The van der Waals surface area contributed by atoms with Crippen molar-refractivity contribution in [2.24, 2.45) is 17.4 Å². The summed E-state index contributed by atoms with van der Waals surface area (Å²) in [6.45, 7) is 11.7. The molecule has 1 amide bonds. The molecule has 1 rings (SSSR count). The minimum Gasteiger partial charge on any atom is -0.444 e. The minimum atomic E-state index is -0.725. The van der Waals surface area contributed by atoms with Crippen LogP contribution in [0.3, 0.4) is 0 Å². The lowest BCUT2D eigenvalue weighted by molar-refractivity contribution is 0.0600. The Morgan fingerprint density at radius 2 is 1.83 bits per heavy atom. The van der Waals surface area contributed by atoms with Crippen molar-refractivity contribution in [3.05, 3.63) is 23.3 Å². The highest BCUT2D eigenvalue weighted by molar-refractivity contribution is 5.65. The SMILES string of the molecule is CC.CC(C)(C)OC(N)=O.CC(CN)CC1=C(F)CCC(F)=C1. The van der Waals surface area contributed by atoms with Gasteiger partial charge in [0.1, 0.15) is 17.3 Å². The zero-order chi connectivity index (χ0) is 18.6. The largest absolute Gasteiger partial charge is 0.444 e. The van der Waals surface area contributed by atoms with Crippen molar-refractivity contribution in [1.82, 2.24) is 0 Å². The Morgan fingerprint density at radius 1 is 1.30 bits per heavy atom. The zero-order valence-corrected chi connectivity index (χ0v) is 15.2. The summed E-state index contributed by atoms with van der Waals surface area (Å²) >= 11 is 0. The van der Waals surface area contributed by atoms with Crippen molar-refractivity contribution in [3.63, 3.8) is 0 Å². The molecule has 23 heavy (non-hydrogen) atoms. The quantitative estimate of drug-likeness (QED) is 0.782. The lowest BCUT2D eigenvalue weighted by Crippen LogP contribution is -2.27. The summed E-state index contributed by atoms with van der Waals surface area (Å²) in [4.78, 5) is 10.0. The van der Waals surface area contributed by atoms with Gasteiger partial charge in [-0.2, -0.15) is 0 Å². The Hall–Kier alpha value is -1.43. The van der Waals surface area contributed by atoms with E-state index in [4.69, 9.17) is 11.5 Å². The molecule has 0 aromatic heterocycles. The van der Waals surface area contributed by atoms with E-state index in [1.54, 1.807) is 20.8 Å². The Kier molecular flexibility index (Phi) is 12.5. The van der Waals surface area contributed by atoms with Gasteiger partial charge in [-0.15, -0.1) is 0 Å². The molecule has 1 unspecified atom stereocenters. The molecule has 4 nitrogen and oxygen atoms in total. The molecule has 0 bridgehead atoms. The lowest BCUT2D eigenvalue weighted by atomic mass is 9.95. The minimum absolute atomic E-state index is 0.179. The van der Waals surface area contributed by atoms with Crippen molar-refractivity contribution >= 4 is 6.09 Å². The standard InChI is InChI=1S/C10H15F2N.C5H11NO2.C2H6/c1-7(6-13)4-8-5-9(11)2-3-10(8)12;1-5(2,3)8-4(6)7;1-2/h5,7H,2-4,6,13H2,1H3;1-3H3,(H2,6,7);1-2H3. The first-order valence-electron chi connectivity index (χ1n) is 7.97. The summed E-state index contributed by atoms with van der Waals surface area (Å²) in [7, 11) is 0. The third-order valence-corrected chi connectivity index (χ3v) is 2.64. The molecule has 0 radical (unpaired) electrons. The van der Waals surface area contributed by atoms with Crippen LogP contribution in [-0.4, -0.2) is 18.2 Å². The van der Waals surface area contributed by atoms with Crippen LogP contribution in [0.2, 0.25) is 0 Å². The molecule has 1 aliphatic rings. The topological polar surface area (TPSA) is 78.3 Å². The number of allylic oxidation sites excluding steroid dienone is 4. The van der Waals surface area contributed by atoms with E-state index < -0.39 is 11.7 Å². The van der Waals surface area contributed by atoms with Crippen molar-refractivity contribution in [2.45, 2.75) is 66.4 Å². The van der Waals surface area contributed by atoms with Crippen LogP contribution < -0.4 is 11.5 Å². The van der Waals surface area contributed by atoms with Crippen LogP contribution in [0.4, 0.5) is 13.6 Å². The molecule has 136 valence electrons. The molecule has 1 aliphatic carbocycles. The van der Waals surface area contributed by atoms with Crippen LogP contribution in [0.1, 0.15) is 60.8 Å². The summed E-state index contributed by atoms with van der Waals surface area (Å²) < 4.78 is 30.5. The molecule has 0 fully saturated rings. The Balaban J connectivity index is 0. The maximum absolute atomic E-state index is 13.1. The smallest absolute Gasteiger partial charge is 0.405 e. The van der Waals surface area contributed by atoms with Gasteiger partial charge in [0.25, 0.3) is 0 Å². The number of amides is 1. The van der Waals surface area contributed by atoms with Gasteiger partial charge in [-0.3, -0.25) is 0 Å². The first-order chi connectivity index (χ1) is 10.5. The second-order valence-corrected chi connectivity index (χ2v) is 6.10. The maximum Gasteiger partial charge on any atom is 0.405 e.